The van der Waals surface area contributed by atoms with E-state index in [9.17, 15) is 14.7 Å². The number of aliphatic hydroxyl groups is 1. The highest BCUT2D eigenvalue weighted by Gasteiger charge is 2.37. The molecular weight excluding hydrogens is 336 g/mol. The molecule has 27 heavy (non-hydrogen) atoms. The fourth-order valence-electron chi connectivity index (χ4n) is 3.81. The van der Waals surface area contributed by atoms with Crippen molar-refractivity contribution >= 4 is 11.6 Å². The predicted molar refractivity (Wildman–Crippen MR) is 107 cm³/mol. The summed E-state index contributed by atoms with van der Waals surface area (Å²) in [5.41, 5.74) is 2.77. The fourth-order valence-corrected chi connectivity index (χ4v) is 3.81. The molecule has 0 radical (unpaired) electrons. The first-order valence-electron chi connectivity index (χ1n) is 9.37. The van der Waals surface area contributed by atoms with E-state index in [-0.39, 0.29) is 29.2 Å². The molecular formula is C24H26O3. The van der Waals surface area contributed by atoms with Crippen molar-refractivity contribution in [2.75, 3.05) is 0 Å². The Labute approximate surface area is 160 Å². The van der Waals surface area contributed by atoms with Gasteiger partial charge in [0.05, 0.1) is 0 Å². The van der Waals surface area contributed by atoms with E-state index in [4.69, 9.17) is 0 Å². The molecule has 0 amide bonds. The van der Waals surface area contributed by atoms with E-state index < -0.39 is 5.92 Å². The summed E-state index contributed by atoms with van der Waals surface area (Å²) >= 11 is 0. The number of carbonyl (C=O) groups is 2. The molecule has 0 aromatic heterocycles. The monoisotopic (exact) mass is 362 g/mol. The molecule has 3 heteroatoms. The highest BCUT2D eigenvalue weighted by atomic mass is 16.3. The van der Waals surface area contributed by atoms with Crippen LogP contribution < -0.4 is 0 Å². The first-order valence-corrected chi connectivity index (χ1v) is 9.37. The van der Waals surface area contributed by atoms with E-state index in [0.29, 0.717) is 24.0 Å². The van der Waals surface area contributed by atoms with Gasteiger partial charge in [0, 0.05) is 36.3 Å². The molecule has 1 unspecified atom stereocenters. The van der Waals surface area contributed by atoms with Crippen LogP contribution in [0.1, 0.15) is 60.5 Å². The van der Waals surface area contributed by atoms with Gasteiger partial charge in [-0.25, -0.2) is 0 Å². The van der Waals surface area contributed by atoms with Crippen LogP contribution in [0.2, 0.25) is 0 Å². The molecule has 0 spiro atoms. The van der Waals surface area contributed by atoms with Gasteiger partial charge in [-0.15, -0.1) is 0 Å². The van der Waals surface area contributed by atoms with E-state index in [1.54, 1.807) is 12.1 Å². The Morgan fingerprint density at radius 1 is 1.04 bits per heavy atom. The number of benzene rings is 2. The van der Waals surface area contributed by atoms with Crippen molar-refractivity contribution in [1.29, 1.82) is 0 Å². The Kier molecular flexibility index (Phi) is 5.31. The summed E-state index contributed by atoms with van der Waals surface area (Å²) in [6.45, 7) is 5.96. The van der Waals surface area contributed by atoms with E-state index in [1.807, 2.05) is 63.2 Å². The first-order chi connectivity index (χ1) is 12.8. The summed E-state index contributed by atoms with van der Waals surface area (Å²) in [5.74, 6) is -0.390. The number of rotatable bonds is 5. The third-order valence-electron chi connectivity index (χ3n) is 5.21. The van der Waals surface area contributed by atoms with Crippen LogP contribution >= 0.6 is 0 Å². The second-order valence-corrected chi connectivity index (χ2v) is 8.26. The molecule has 0 heterocycles. The van der Waals surface area contributed by atoms with Gasteiger partial charge in [-0.2, -0.15) is 0 Å². The van der Waals surface area contributed by atoms with E-state index in [2.05, 4.69) is 0 Å². The van der Waals surface area contributed by atoms with Crippen molar-refractivity contribution in [3.63, 3.8) is 0 Å². The van der Waals surface area contributed by atoms with Crippen LogP contribution in [0.5, 0.6) is 0 Å². The Hall–Kier alpha value is -2.68. The molecule has 0 aliphatic heterocycles. The second kappa shape index (κ2) is 7.51. The number of aliphatic hydroxyl groups excluding tert-OH is 1. The van der Waals surface area contributed by atoms with Crippen molar-refractivity contribution in [3.8, 4) is 0 Å². The molecule has 0 saturated carbocycles. The van der Waals surface area contributed by atoms with Gasteiger partial charge in [-0.3, -0.25) is 9.59 Å². The summed E-state index contributed by atoms with van der Waals surface area (Å²) in [7, 11) is 0. The minimum Gasteiger partial charge on any atom is -0.512 e. The van der Waals surface area contributed by atoms with Crippen LogP contribution in [-0.2, 0) is 4.79 Å². The zero-order valence-corrected chi connectivity index (χ0v) is 16.2. The summed E-state index contributed by atoms with van der Waals surface area (Å²) in [5, 5.41) is 10.7. The Bertz CT molecular complexity index is 874. The van der Waals surface area contributed by atoms with Gasteiger partial charge in [0.2, 0.25) is 0 Å². The lowest BCUT2D eigenvalue weighted by Gasteiger charge is -2.32. The molecule has 1 aliphatic rings. The molecule has 0 fully saturated rings. The maximum atomic E-state index is 12.9. The van der Waals surface area contributed by atoms with E-state index in [0.717, 1.165) is 11.1 Å². The van der Waals surface area contributed by atoms with Gasteiger partial charge in [-0.05, 0) is 17.9 Å². The summed E-state index contributed by atoms with van der Waals surface area (Å²) in [6.07, 6.45) is 1.00. The SMILES string of the molecule is Cc1ccc(C(CC(=O)c2ccccc2)C2=C(O)CC(C)(C)CC2=O)cc1. The lowest BCUT2D eigenvalue weighted by molar-refractivity contribution is -0.118. The summed E-state index contributed by atoms with van der Waals surface area (Å²) < 4.78 is 0. The largest absolute Gasteiger partial charge is 0.512 e. The number of hydrogen-bond donors (Lipinski definition) is 1. The van der Waals surface area contributed by atoms with Gasteiger partial charge in [0.25, 0.3) is 0 Å². The van der Waals surface area contributed by atoms with Crippen LogP contribution in [-0.4, -0.2) is 16.7 Å². The predicted octanol–water partition coefficient (Wildman–Crippen LogP) is 5.55. The molecule has 1 N–H and O–H groups in total. The van der Waals surface area contributed by atoms with Crippen LogP contribution in [0, 0.1) is 12.3 Å². The van der Waals surface area contributed by atoms with Gasteiger partial charge < -0.3 is 5.11 Å². The average molecular weight is 362 g/mol. The highest BCUT2D eigenvalue weighted by Crippen LogP contribution is 2.42. The first kappa shape index (κ1) is 19.1. The zero-order chi connectivity index (χ0) is 19.6. The van der Waals surface area contributed by atoms with Crippen LogP contribution in [0.25, 0.3) is 0 Å². The standard InChI is InChI=1S/C24H26O3/c1-16-9-11-17(12-10-16)19(13-20(25)18-7-5-4-6-8-18)23-21(26)14-24(2,3)15-22(23)27/h4-12,19,26H,13-15H2,1-3H3. The van der Waals surface area contributed by atoms with Crippen LogP contribution in [0.4, 0.5) is 0 Å². The molecule has 2 aromatic carbocycles. The number of Topliss-reactive ketones (excluding diaryl/α,β-unsaturated/α-hetero) is 2. The Balaban J connectivity index is 2.01. The van der Waals surface area contributed by atoms with Crippen molar-refractivity contribution in [2.24, 2.45) is 5.41 Å². The van der Waals surface area contributed by atoms with Crippen molar-refractivity contribution in [1.82, 2.24) is 0 Å². The normalized spacial score (nSPS) is 17.7. The maximum Gasteiger partial charge on any atom is 0.163 e. The van der Waals surface area contributed by atoms with Crippen LogP contribution in [0.3, 0.4) is 0 Å². The minimum absolute atomic E-state index is 0.0286. The second-order valence-electron chi connectivity index (χ2n) is 8.26. The summed E-state index contributed by atoms with van der Waals surface area (Å²) in [6, 6.07) is 17.0. The number of hydrogen-bond acceptors (Lipinski definition) is 3. The average Bonchev–Trinajstić information content (AvgIpc) is 2.60. The molecule has 140 valence electrons. The van der Waals surface area contributed by atoms with E-state index in [1.165, 1.54) is 0 Å². The fraction of sp³-hybridized carbons (Fsp3) is 0.333. The molecule has 3 nitrogen and oxygen atoms in total. The number of aryl methyl sites for hydroxylation is 1. The lowest BCUT2D eigenvalue weighted by atomic mass is 9.71. The third kappa shape index (κ3) is 4.36. The van der Waals surface area contributed by atoms with Gasteiger partial charge in [0.15, 0.2) is 11.6 Å². The number of ketones is 2. The van der Waals surface area contributed by atoms with Gasteiger partial charge >= 0.3 is 0 Å². The lowest BCUT2D eigenvalue weighted by Crippen LogP contribution is -2.29. The van der Waals surface area contributed by atoms with Crippen molar-refractivity contribution in [2.45, 2.75) is 46.0 Å². The smallest absolute Gasteiger partial charge is 0.163 e. The zero-order valence-electron chi connectivity index (χ0n) is 16.2. The summed E-state index contributed by atoms with van der Waals surface area (Å²) in [4.78, 5) is 25.8. The molecule has 0 saturated heterocycles. The molecule has 2 aromatic rings. The maximum absolute atomic E-state index is 12.9. The molecule has 1 aliphatic carbocycles. The minimum atomic E-state index is -0.429. The quantitative estimate of drug-likeness (QED) is 0.709. The van der Waals surface area contributed by atoms with Gasteiger partial charge in [-0.1, -0.05) is 74.0 Å². The Morgan fingerprint density at radius 3 is 2.26 bits per heavy atom. The van der Waals surface area contributed by atoms with Crippen molar-refractivity contribution in [3.05, 3.63) is 82.6 Å². The molecule has 0 bridgehead atoms. The highest BCUT2D eigenvalue weighted by molar-refractivity contribution is 6.02. The topological polar surface area (TPSA) is 54.4 Å². The van der Waals surface area contributed by atoms with Gasteiger partial charge in [0.1, 0.15) is 5.76 Å². The Morgan fingerprint density at radius 2 is 1.67 bits per heavy atom. The molecule has 3 rings (SSSR count). The third-order valence-corrected chi connectivity index (χ3v) is 5.21. The van der Waals surface area contributed by atoms with Crippen molar-refractivity contribution < 1.29 is 14.7 Å². The number of carbonyl (C=O) groups excluding carboxylic acids is 2. The van der Waals surface area contributed by atoms with E-state index >= 15 is 0 Å². The number of allylic oxidation sites excluding steroid dienone is 2. The van der Waals surface area contributed by atoms with Crippen LogP contribution in [0.15, 0.2) is 65.9 Å². The molecule has 1 atom stereocenters.